The molecule has 1 atom stereocenters. The molecule has 0 aromatic carbocycles. The van der Waals surface area contributed by atoms with E-state index in [9.17, 15) is 0 Å². The highest BCUT2D eigenvalue weighted by Gasteiger charge is 2.27. The molecule has 1 saturated heterocycles. The number of hydrogen-bond acceptors (Lipinski definition) is 1. The minimum absolute atomic E-state index is 0.433. The Morgan fingerprint density at radius 2 is 1.94 bits per heavy atom. The van der Waals surface area contributed by atoms with Gasteiger partial charge in [-0.05, 0) is 37.0 Å². The first-order chi connectivity index (χ1) is 7.45. The van der Waals surface area contributed by atoms with E-state index in [0.717, 1.165) is 37.7 Å². The van der Waals surface area contributed by atoms with Crippen LogP contribution in [-0.4, -0.2) is 23.8 Å². The van der Waals surface area contributed by atoms with Crippen LogP contribution < -0.4 is 0 Å². The van der Waals surface area contributed by atoms with Crippen LogP contribution in [0.25, 0.3) is 0 Å². The van der Waals surface area contributed by atoms with Crippen molar-refractivity contribution in [2.24, 2.45) is 11.3 Å². The van der Waals surface area contributed by atoms with Gasteiger partial charge in [-0.25, -0.2) is 0 Å². The Balaban J connectivity index is 2.49. The maximum Gasteiger partial charge on any atom is 0.0957 e. The van der Waals surface area contributed by atoms with Crippen LogP contribution in [0.2, 0.25) is 0 Å². The van der Waals surface area contributed by atoms with Crippen molar-refractivity contribution in [3.05, 3.63) is 0 Å². The molecule has 2 nitrogen and oxygen atoms in total. The summed E-state index contributed by atoms with van der Waals surface area (Å²) in [4.78, 5) is 2.30. The predicted molar refractivity (Wildman–Crippen MR) is 71.0 cm³/mol. The number of likely N-dealkylation sites (tertiary alicyclic amines) is 1. The molecule has 16 heavy (non-hydrogen) atoms. The average Bonchev–Trinajstić information content (AvgIpc) is 2.41. The lowest BCUT2D eigenvalue weighted by Crippen LogP contribution is -2.31. The molecule has 1 fully saturated rings. The Labute approximate surface area is 101 Å². The molecule has 0 spiro atoms. The molecule has 0 bridgehead atoms. The van der Waals surface area contributed by atoms with E-state index in [1.54, 1.807) is 0 Å². The van der Waals surface area contributed by atoms with E-state index in [2.05, 4.69) is 32.6 Å². The lowest BCUT2D eigenvalue weighted by molar-refractivity contribution is 0.216. The van der Waals surface area contributed by atoms with Gasteiger partial charge in [0, 0.05) is 19.5 Å². The van der Waals surface area contributed by atoms with Gasteiger partial charge >= 0.3 is 0 Å². The lowest BCUT2D eigenvalue weighted by atomic mass is 9.77. The molecule has 1 heterocycles. The zero-order chi connectivity index (χ0) is 12.2. The third kappa shape index (κ3) is 3.80. The summed E-state index contributed by atoms with van der Waals surface area (Å²) in [6, 6.07) is 0. The molecule has 0 saturated carbocycles. The Kier molecular flexibility index (Phi) is 4.82. The van der Waals surface area contributed by atoms with Crippen molar-refractivity contribution in [2.75, 3.05) is 13.1 Å². The van der Waals surface area contributed by atoms with Crippen molar-refractivity contribution < 1.29 is 0 Å². The summed E-state index contributed by atoms with van der Waals surface area (Å²) in [5.41, 5.74) is 0.433. The van der Waals surface area contributed by atoms with Crippen LogP contribution >= 0.6 is 0 Å². The van der Waals surface area contributed by atoms with E-state index in [1.165, 1.54) is 19.3 Å². The molecule has 1 N–H and O–H groups in total. The van der Waals surface area contributed by atoms with Gasteiger partial charge in [-0.1, -0.05) is 27.7 Å². The first kappa shape index (κ1) is 13.5. The Bertz CT molecular complexity index is 227. The van der Waals surface area contributed by atoms with E-state index in [1.807, 2.05) is 0 Å². The zero-order valence-electron chi connectivity index (χ0n) is 11.5. The van der Waals surface area contributed by atoms with Crippen molar-refractivity contribution >= 4 is 5.84 Å². The van der Waals surface area contributed by atoms with Crippen molar-refractivity contribution in [1.82, 2.24) is 4.90 Å². The fraction of sp³-hybridized carbons (Fsp3) is 0.929. The smallest absolute Gasteiger partial charge is 0.0957 e. The van der Waals surface area contributed by atoms with E-state index in [0.29, 0.717) is 5.41 Å². The van der Waals surface area contributed by atoms with Gasteiger partial charge in [-0.2, -0.15) is 0 Å². The molecule has 0 aliphatic carbocycles. The minimum Gasteiger partial charge on any atom is -0.361 e. The van der Waals surface area contributed by atoms with Crippen LogP contribution in [0.4, 0.5) is 0 Å². The summed E-state index contributed by atoms with van der Waals surface area (Å²) in [5.74, 6) is 1.68. The van der Waals surface area contributed by atoms with E-state index in [4.69, 9.17) is 5.41 Å². The maximum absolute atomic E-state index is 8.03. The number of rotatable bonds is 2. The van der Waals surface area contributed by atoms with Crippen molar-refractivity contribution in [3.8, 4) is 0 Å². The Morgan fingerprint density at radius 3 is 2.50 bits per heavy atom. The quantitative estimate of drug-likeness (QED) is 0.559. The van der Waals surface area contributed by atoms with Gasteiger partial charge in [-0.15, -0.1) is 0 Å². The minimum atomic E-state index is 0.433. The molecule has 1 rings (SSSR count). The number of nitrogens with one attached hydrogen (secondary N) is 1. The van der Waals surface area contributed by atoms with E-state index in [-0.39, 0.29) is 0 Å². The highest BCUT2D eigenvalue weighted by molar-refractivity contribution is 5.79. The highest BCUT2D eigenvalue weighted by Crippen LogP contribution is 2.34. The van der Waals surface area contributed by atoms with Crippen LogP contribution in [0, 0.1) is 16.7 Å². The second-order valence-electron chi connectivity index (χ2n) is 6.18. The monoisotopic (exact) mass is 224 g/mol. The van der Waals surface area contributed by atoms with Gasteiger partial charge in [0.1, 0.15) is 0 Å². The van der Waals surface area contributed by atoms with Crippen LogP contribution in [0.1, 0.15) is 59.8 Å². The first-order valence-electron chi connectivity index (χ1n) is 6.77. The molecule has 1 unspecified atom stereocenters. The molecular formula is C14H28N2. The number of amidine groups is 1. The van der Waals surface area contributed by atoms with Gasteiger partial charge in [0.15, 0.2) is 0 Å². The fourth-order valence-electron chi connectivity index (χ4n) is 2.63. The first-order valence-corrected chi connectivity index (χ1v) is 6.77. The lowest BCUT2D eigenvalue weighted by Gasteiger charge is -2.30. The molecule has 1 aliphatic heterocycles. The third-order valence-electron chi connectivity index (χ3n) is 3.82. The highest BCUT2D eigenvalue weighted by atomic mass is 15.2. The van der Waals surface area contributed by atoms with Crippen molar-refractivity contribution in [3.63, 3.8) is 0 Å². The van der Waals surface area contributed by atoms with Gasteiger partial charge < -0.3 is 4.90 Å². The summed E-state index contributed by atoms with van der Waals surface area (Å²) in [6.45, 7) is 11.4. The van der Waals surface area contributed by atoms with Gasteiger partial charge in [0.2, 0.25) is 0 Å². The summed E-state index contributed by atoms with van der Waals surface area (Å²) in [7, 11) is 0. The second-order valence-corrected chi connectivity index (χ2v) is 6.18. The molecule has 0 aromatic rings. The summed E-state index contributed by atoms with van der Waals surface area (Å²) in [6.07, 6.45) is 5.89. The second kappa shape index (κ2) is 5.70. The third-order valence-corrected chi connectivity index (χ3v) is 3.82. The summed E-state index contributed by atoms with van der Waals surface area (Å²) < 4.78 is 0. The maximum atomic E-state index is 8.03. The van der Waals surface area contributed by atoms with Crippen LogP contribution in [0.15, 0.2) is 0 Å². The zero-order valence-corrected chi connectivity index (χ0v) is 11.5. The van der Waals surface area contributed by atoms with Crippen LogP contribution in [0.3, 0.4) is 0 Å². The van der Waals surface area contributed by atoms with E-state index < -0.39 is 0 Å². The predicted octanol–water partition coefficient (Wildman–Crippen LogP) is 3.91. The van der Waals surface area contributed by atoms with Gasteiger partial charge in [0.05, 0.1) is 5.84 Å². The summed E-state index contributed by atoms with van der Waals surface area (Å²) in [5, 5.41) is 8.03. The molecular weight excluding hydrogens is 196 g/mol. The van der Waals surface area contributed by atoms with Gasteiger partial charge in [-0.3, -0.25) is 5.41 Å². The van der Waals surface area contributed by atoms with Gasteiger partial charge in [0.25, 0.3) is 0 Å². The average molecular weight is 224 g/mol. The van der Waals surface area contributed by atoms with Crippen LogP contribution in [0.5, 0.6) is 0 Å². The molecule has 1 aliphatic rings. The standard InChI is InChI=1S/C14H28N2/c1-5-7-13(15)16-10-6-8-12(9-11-16)14(2,3)4/h12,15H,5-11H2,1-4H3. The van der Waals surface area contributed by atoms with Crippen molar-refractivity contribution in [2.45, 2.75) is 59.8 Å². The Morgan fingerprint density at radius 1 is 1.25 bits per heavy atom. The Hall–Kier alpha value is -0.530. The van der Waals surface area contributed by atoms with Crippen LogP contribution in [-0.2, 0) is 0 Å². The summed E-state index contributed by atoms with van der Waals surface area (Å²) >= 11 is 0. The number of nitrogens with zero attached hydrogens (tertiary/aromatic N) is 1. The number of hydrogen-bond donors (Lipinski definition) is 1. The fourth-order valence-corrected chi connectivity index (χ4v) is 2.63. The SMILES string of the molecule is CCCC(=N)N1CCCC(C(C)(C)C)CC1. The molecule has 0 aromatic heterocycles. The van der Waals surface area contributed by atoms with Crippen molar-refractivity contribution in [1.29, 1.82) is 5.41 Å². The molecule has 0 amide bonds. The largest absolute Gasteiger partial charge is 0.361 e. The van der Waals surface area contributed by atoms with E-state index >= 15 is 0 Å². The normalized spacial score (nSPS) is 23.0. The topological polar surface area (TPSA) is 27.1 Å². The molecule has 0 radical (unpaired) electrons. The molecule has 2 heteroatoms. The molecule has 94 valence electrons.